The average Bonchev–Trinajstić information content (AvgIpc) is 2.58. The Kier molecular flexibility index (Phi) is 6.04. The van der Waals surface area contributed by atoms with Gasteiger partial charge in [0.05, 0.1) is 21.2 Å². The summed E-state index contributed by atoms with van der Waals surface area (Å²) in [6, 6.07) is 9.95. The Morgan fingerprint density at radius 1 is 1.08 bits per heavy atom. The number of carbonyl (C=O) groups is 2. The first-order chi connectivity index (χ1) is 11.9. The van der Waals surface area contributed by atoms with E-state index in [0.29, 0.717) is 10.6 Å². The number of nitrogens with zero attached hydrogens (tertiary/aromatic N) is 2. The number of anilines is 1. The van der Waals surface area contributed by atoms with E-state index in [1.807, 2.05) is 5.43 Å². The van der Waals surface area contributed by atoms with Crippen LogP contribution in [-0.2, 0) is 9.59 Å². The fourth-order valence-corrected chi connectivity index (χ4v) is 1.99. The minimum atomic E-state index is -1.02. The number of non-ortho nitro benzene ring substituents is 1. The first-order valence-electron chi connectivity index (χ1n) is 6.70. The highest BCUT2D eigenvalue weighted by Gasteiger charge is 2.13. The van der Waals surface area contributed by atoms with Crippen LogP contribution in [0.15, 0.2) is 47.6 Å². The summed E-state index contributed by atoms with van der Waals surface area (Å²) in [6.07, 6.45) is 1.18. The van der Waals surface area contributed by atoms with Crippen LogP contribution in [0.5, 0.6) is 0 Å². The molecule has 2 N–H and O–H groups in total. The van der Waals surface area contributed by atoms with Gasteiger partial charge in [-0.15, -0.1) is 0 Å². The molecular formula is C15H10Cl2N4O4. The minimum Gasteiger partial charge on any atom is -0.318 e. The second kappa shape index (κ2) is 8.22. The number of halogens is 2. The molecule has 0 radical (unpaired) electrons. The van der Waals surface area contributed by atoms with Crippen molar-refractivity contribution in [3.63, 3.8) is 0 Å². The molecule has 0 saturated carbocycles. The summed E-state index contributed by atoms with van der Waals surface area (Å²) in [5.74, 6) is -1.98. The molecule has 0 aliphatic carbocycles. The number of hydrazone groups is 1. The lowest BCUT2D eigenvalue weighted by Gasteiger charge is -2.05. The number of nitro benzene ring substituents is 1. The molecule has 0 spiro atoms. The summed E-state index contributed by atoms with van der Waals surface area (Å²) >= 11 is 11.6. The van der Waals surface area contributed by atoms with Crippen molar-refractivity contribution in [2.45, 2.75) is 0 Å². The van der Waals surface area contributed by atoms with Gasteiger partial charge in [0.15, 0.2) is 0 Å². The maximum atomic E-state index is 11.7. The van der Waals surface area contributed by atoms with Crippen LogP contribution in [-0.4, -0.2) is 23.0 Å². The van der Waals surface area contributed by atoms with E-state index in [1.165, 1.54) is 42.6 Å². The molecule has 128 valence electrons. The summed E-state index contributed by atoms with van der Waals surface area (Å²) in [5, 5.41) is 17.1. The maximum Gasteiger partial charge on any atom is 0.329 e. The van der Waals surface area contributed by atoms with Gasteiger partial charge < -0.3 is 5.32 Å². The van der Waals surface area contributed by atoms with E-state index in [1.54, 1.807) is 6.07 Å². The second-order valence-corrected chi connectivity index (χ2v) is 5.45. The molecule has 2 aromatic carbocycles. The normalized spacial score (nSPS) is 10.5. The summed E-state index contributed by atoms with van der Waals surface area (Å²) in [6.45, 7) is 0. The van der Waals surface area contributed by atoms with Crippen LogP contribution in [0.3, 0.4) is 0 Å². The van der Waals surface area contributed by atoms with Gasteiger partial charge in [0, 0.05) is 23.4 Å². The molecule has 2 amide bonds. The zero-order valence-corrected chi connectivity index (χ0v) is 13.9. The fourth-order valence-electron chi connectivity index (χ4n) is 1.70. The van der Waals surface area contributed by atoms with E-state index in [-0.39, 0.29) is 16.4 Å². The molecule has 10 heteroatoms. The first-order valence-corrected chi connectivity index (χ1v) is 7.46. The monoisotopic (exact) mass is 380 g/mol. The molecular weight excluding hydrogens is 371 g/mol. The van der Waals surface area contributed by atoms with Gasteiger partial charge in [-0.1, -0.05) is 35.3 Å². The zero-order chi connectivity index (χ0) is 18.4. The minimum absolute atomic E-state index is 0.118. The topological polar surface area (TPSA) is 114 Å². The van der Waals surface area contributed by atoms with Crippen molar-refractivity contribution in [2.75, 3.05) is 5.32 Å². The van der Waals surface area contributed by atoms with E-state index in [2.05, 4.69) is 10.4 Å². The van der Waals surface area contributed by atoms with Crippen molar-refractivity contribution in [1.29, 1.82) is 0 Å². The molecule has 25 heavy (non-hydrogen) atoms. The third-order valence-electron chi connectivity index (χ3n) is 2.84. The van der Waals surface area contributed by atoms with E-state index in [0.717, 1.165) is 0 Å². The lowest BCUT2D eigenvalue weighted by atomic mass is 10.2. The smallest absolute Gasteiger partial charge is 0.318 e. The van der Waals surface area contributed by atoms with Crippen LogP contribution in [0.2, 0.25) is 10.0 Å². The van der Waals surface area contributed by atoms with Crippen molar-refractivity contribution in [2.24, 2.45) is 5.10 Å². The van der Waals surface area contributed by atoms with Gasteiger partial charge in [-0.25, -0.2) is 5.43 Å². The SMILES string of the molecule is O=C(N/N=C\c1cccc([N+](=O)[O-])c1)C(=O)Nc1ccc(Cl)c(Cl)c1. The molecule has 0 aromatic heterocycles. The second-order valence-electron chi connectivity index (χ2n) is 4.63. The molecule has 0 aliphatic rings. The van der Waals surface area contributed by atoms with Crippen molar-refractivity contribution < 1.29 is 14.5 Å². The van der Waals surface area contributed by atoms with E-state index < -0.39 is 16.7 Å². The van der Waals surface area contributed by atoms with Gasteiger partial charge in [-0.3, -0.25) is 19.7 Å². The van der Waals surface area contributed by atoms with Gasteiger partial charge in [0.1, 0.15) is 0 Å². The van der Waals surface area contributed by atoms with Gasteiger partial charge in [0.2, 0.25) is 0 Å². The van der Waals surface area contributed by atoms with Crippen molar-refractivity contribution in [3.05, 3.63) is 68.2 Å². The van der Waals surface area contributed by atoms with Gasteiger partial charge in [-0.05, 0) is 18.2 Å². The molecule has 0 atom stereocenters. The zero-order valence-electron chi connectivity index (χ0n) is 12.4. The highest BCUT2D eigenvalue weighted by atomic mass is 35.5. The predicted octanol–water partition coefficient (Wildman–Crippen LogP) is 2.99. The molecule has 0 heterocycles. The standard InChI is InChI=1S/C15H10Cl2N4O4/c16-12-5-4-10(7-13(12)17)19-14(22)15(23)20-18-8-9-2-1-3-11(6-9)21(24)25/h1-8H,(H,19,22)(H,20,23)/b18-8-. The van der Waals surface area contributed by atoms with Crippen LogP contribution in [0.25, 0.3) is 0 Å². The number of rotatable bonds is 4. The summed E-state index contributed by atoms with van der Waals surface area (Å²) < 4.78 is 0. The Morgan fingerprint density at radius 2 is 1.84 bits per heavy atom. The predicted molar refractivity (Wildman–Crippen MR) is 93.9 cm³/mol. The van der Waals surface area contributed by atoms with Crippen LogP contribution in [0.1, 0.15) is 5.56 Å². The third kappa shape index (κ3) is 5.27. The molecule has 0 fully saturated rings. The Balaban J connectivity index is 1.94. The lowest BCUT2D eigenvalue weighted by Crippen LogP contribution is -2.32. The molecule has 2 rings (SSSR count). The molecule has 8 nitrogen and oxygen atoms in total. The fraction of sp³-hybridized carbons (Fsp3) is 0. The lowest BCUT2D eigenvalue weighted by molar-refractivity contribution is -0.384. The summed E-state index contributed by atoms with van der Waals surface area (Å²) in [5.41, 5.74) is 2.57. The Labute approximate surface area is 151 Å². The van der Waals surface area contributed by atoms with E-state index in [4.69, 9.17) is 23.2 Å². The molecule has 0 saturated heterocycles. The molecule has 2 aromatic rings. The van der Waals surface area contributed by atoms with Crippen molar-refractivity contribution >= 4 is 52.6 Å². The number of nitro groups is 1. The largest absolute Gasteiger partial charge is 0.329 e. The number of amides is 2. The van der Waals surface area contributed by atoms with E-state index >= 15 is 0 Å². The summed E-state index contributed by atoms with van der Waals surface area (Å²) in [7, 11) is 0. The Bertz CT molecular complexity index is 870. The number of benzene rings is 2. The highest BCUT2D eigenvalue weighted by molar-refractivity contribution is 6.42. The molecule has 0 aliphatic heterocycles. The summed E-state index contributed by atoms with van der Waals surface area (Å²) in [4.78, 5) is 33.5. The molecule has 0 unspecified atom stereocenters. The van der Waals surface area contributed by atoms with Crippen LogP contribution < -0.4 is 10.7 Å². The van der Waals surface area contributed by atoms with Crippen molar-refractivity contribution in [1.82, 2.24) is 5.43 Å². The Hall–Kier alpha value is -2.97. The Morgan fingerprint density at radius 3 is 2.52 bits per heavy atom. The maximum absolute atomic E-state index is 11.7. The first kappa shape index (κ1) is 18.4. The highest BCUT2D eigenvalue weighted by Crippen LogP contribution is 2.24. The van der Waals surface area contributed by atoms with Crippen LogP contribution in [0, 0.1) is 10.1 Å². The third-order valence-corrected chi connectivity index (χ3v) is 3.58. The number of carbonyl (C=O) groups excluding carboxylic acids is 2. The average molecular weight is 381 g/mol. The van der Waals surface area contributed by atoms with Crippen LogP contribution >= 0.6 is 23.2 Å². The number of hydrogen-bond acceptors (Lipinski definition) is 5. The van der Waals surface area contributed by atoms with Crippen LogP contribution in [0.4, 0.5) is 11.4 Å². The molecule has 0 bridgehead atoms. The quantitative estimate of drug-likeness (QED) is 0.367. The van der Waals surface area contributed by atoms with Gasteiger partial charge in [-0.2, -0.15) is 5.10 Å². The van der Waals surface area contributed by atoms with Crippen molar-refractivity contribution in [3.8, 4) is 0 Å². The number of nitrogens with one attached hydrogen (secondary N) is 2. The number of hydrogen-bond donors (Lipinski definition) is 2. The van der Waals surface area contributed by atoms with Gasteiger partial charge >= 0.3 is 11.8 Å². The van der Waals surface area contributed by atoms with Gasteiger partial charge in [0.25, 0.3) is 5.69 Å². The van der Waals surface area contributed by atoms with E-state index in [9.17, 15) is 19.7 Å².